The van der Waals surface area contributed by atoms with Gasteiger partial charge in [-0.15, -0.1) is 0 Å². The van der Waals surface area contributed by atoms with Crippen molar-refractivity contribution in [3.05, 3.63) is 52.5 Å². The Bertz CT molecular complexity index is 948. The summed E-state index contributed by atoms with van der Waals surface area (Å²) in [6.45, 7) is 9.99. The van der Waals surface area contributed by atoms with Gasteiger partial charge in [0.25, 0.3) is 5.91 Å². The highest BCUT2D eigenvalue weighted by molar-refractivity contribution is 5.99. The van der Waals surface area contributed by atoms with Crippen LogP contribution in [0.3, 0.4) is 0 Å². The van der Waals surface area contributed by atoms with Gasteiger partial charge in [0, 0.05) is 61.0 Å². The highest BCUT2D eigenvalue weighted by Gasteiger charge is 2.23. The number of carbonyl (C=O) groups is 1. The molecule has 1 N–H and O–H groups in total. The topological polar surface area (TPSA) is 65.4 Å². The largest absolute Gasteiger partial charge is 0.361 e. The van der Waals surface area contributed by atoms with E-state index in [-0.39, 0.29) is 5.91 Å². The summed E-state index contributed by atoms with van der Waals surface area (Å²) in [4.78, 5) is 20.5. The number of H-pyrrole nitrogens is 1. The normalized spacial score (nSPS) is 15.7. The standard InChI is InChI=1S/C20H24N4O2/c1-13-10-17(22-26-13)12-23-6-8-24(9-7-23)20(25)16-4-5-19-18(11-16)14(2)15(3)21-19/h4-5,10-11,21H,6-9,12H2,1-3H3. The maximum atomic E-state index is 12.9. The third-order valence-corrected chi connectivity index (χ3v) is 5.28. The van der Waals surface area contributed by atoms with Crippen LogP contribution in [-0.4, -0.2) is 52.0 Å². The van der Waals surface area contributed by atoms with Gasteiger partial charge in [-0.25, -0.2) is 0 Å². The van der Waals surface area contributed by atoms with Gasteiger partial charge < -0.3 is 14.4 Å². The number of piperazine rings is 1. The summed E-state index contributed by atoms with van der Waals surface area (Å²) < 4.78 is 5.13. The molecule has 1 saturated heterocycles. The van der Waals surface area contributed by atoms with E-state index < -0.39 is 0 Å². The SMILES string of the molecule is Cc1cc(CN2CCN(C(=O)c3ccc4[nH]c(C)c(C)c4c3)CC2)no1. The Labute approximate surface area is 152 Å². The molecular weight excluding hydrogens is 328 g/mol. The summed E-state index contributed by atoms with van der Waals surface area (Å²) >= 11 is 0. The van der Waals surface area contributed by atoms with Crippen molar-refractivity contribution in [1.29, 1.82) is 0 Å². The number of aromatic nitrogens is 2. The molecule has 6 heteroatoms. The molecule has 0 aliphatic carbocycles. The minimum atomic E-state index is 0.113. The second-order valence-electron chi connectivity index (χ2n) is 7.13. The van der Waals surface area contributed by atoms with Crippen molar-refractivity contribution >= 4 is 16.8 Å². The van der Waals surface area contributed by atoms with Gasteiger partial charge in [-0.3, -0.25) is 9.69 Å². The predicted octanol–water partition coefficient (Wildman–Crippen LogP) is 3.04. The molecule has 1 aliphatic rings. The first-order valence-electron chi connectivity index (χ1n) is 9.04. The molecule has 6 nitrogen and oxygen atoms in total. The molecule has 1 amide bonds. The van der Waals surface area contributed by atoms with E-state index in [1.165, 1.54) is 5.56 Å². The van der Waals surface area contributed by atoms with Gasteiger partial charge in [0.2, 0.25) is 0 Å². The van der Waals surface area contributed by atoms with Gasteiger partial charge in [-0.1, -0.05) is 5.16 Å². The van der Waals surface area contributed by atoms with Crippen LogP contribution in [0.4, 0.5) is 0 Å². The van der Waals surface area contributed by atoms with Gasteiger partial charge in [0.15, 0.2) is 0 Å². The van der Waals surface area contributed by atoms with E-state index in [1.54, 1.807) is 0 Å². The van der Waals surface area contributed by atoms with Crippen LogP contribution in [-0.2, 0) is 6.54 Å². The highest BCUT2D eigenvalue weighted by Crippen LogP contribution is 2.23. The van der Waals surface area contributed by atoms with Gasteiger partial charge in [-0.05, 0) is 44.5 Å². The maximum absolute atomic E-state index is 12.9. The number of fused-ring (bicyclic) bond motifs is 1. The third-order valence-electron chi connectivity index (χ3n) is 5.28. The van der Waals surface area contributed by atoms with Crippen molar-refractivity contribution in [2.24, 2.45) is 0 Å². The third kappa shape index (κ3) is 3.12. The van der Waals surface area contributed by atoms with Crippen molar-refractivity contribution in [2.45, 2.75) is 27.3 Å². The molecule has 4 rings (SSSR count). The van der Waals surface area contributed by atoms with Crippen LogP contribution in [0.25, 0.3) is 10.9 Å². The molecule has 0 unspecified atom stereocenters. The molecule has 3 aromatic rings. The number of carbonyl (C=O) groups excluding carboxylic acids is 1. The monoisotopic (exact) mass is 352 g/mol. The van der Waals surface area contributed by atoms with E-state index in [0.717, 1.165) is 66.3 Å². The van der Waals surface area contributed by atoms with E-state index in [0.29, 0.717) is 0 Å². The second kappa shape index (κ2) is 6.61. The lowest BCUT2D eigenvalue weighted by molar-refractivity contribution is 0.0626. The second-order valence-corrected chi connectivity index (χ2v) is 7.13. The highest BCUT2D eigenvalue weighted by atomic mass is 16.5. The van der Waals surface area contributed by atoms with E-state index in [1.807, 2.05) is 36.1 Å². The summed E-state index contributed by atoms with van der Waals surface area (Å²) in [7, 11) is 0. The maximum Gasteiger partial charge on any atom is 0.253 e. The molecule has 136 valence electrons. The Hall–Kier alpha value is -2.60. The number of amides is 1. The molecule has 0 atom stereocenters. The first kappa shape index (κ1) is 16.8. The van der Waals surface area contributed by atoms with Crippen LogP contribution in [0.15, 0.2) is 28.8 Å². The summed E-state index contributed by atoms with van der Waals surface area (Å²) in [5, 5.41) is 5.18. The number of hydrogen-bond donors (Lipinski definition) is 1. The first-order valence-corrected chi connectivity index (χ1v) is 9.04. The molecular formula is C20H24N4O2. The fraction of sp³-hybridized carbons (Fsp3) is 0.400. The number of nitrogens with one attached hydrogen (secondary N) is 1. The number of benzene rings is 1. The molecule has 0 radical (unpaired) electrons. The van der Waals surface area contributed by atoms with Crippen LogP contribution in [0, 0.1) is 20.8 Å². The van der Waals surface area contributed by atoms with Crippen molar-refractivity contribution in [1.82, 2.24) is 19.9 Å². The molecule has 0 spiro atoms. The fourth-order valence-corrected chi connectivity index (χ4v) is 3.61. The summed E-state index contributed by atoms with van der Waals surface area (Å²) in [5.41, 5.74) is 5.17. The molecule has 0 saturated carbocycles. The van der Waals surface area contributed by atoms with Crippen LogP contribution in [0.5, 0.6) is 0 Å². The lowest BCUT2D eigenvalue weighted by Gasteiger charge is -2.34. The van der Waals surface area contributed by atoms with Gasteiger partial charge >= 0.3 is 0 Å². The molecule has 2 aromatic heterocycles. The number of nitrogens with zero attached hydrogens (tertiary/aromatic N) is 3. The Kier molecular flexibility index (Phi) is 4.28. The van der Waals surface area contributed by atoms with Crippen molar-refractivity contribution < 1.29 is 9.32 Å². The Morgan fingerprint density at radius 1 is 1.15 bits per heavy atom. The van der Waals surface area contributed by atoms with Gasteiger partial charge in [-0.2, -0.15) is 0 Å². The van der Waals surface area contributed by atoms with E-state index >= 15 is 0 Å². The molecule has 3 heterocycles. The van der Waals surface area contributed by atoms with E-state index in [9.17, 15) is 4.79 Å². The fourth-order valence-electron chi connectivity index (χ4n) is 3.61. The summed E-state index contributed by atoms with van der Waals surface area (Å²) in [6.07, 6.45) is 0. The summed E-state index contributed by atoms with van der Waals surface area (Å²) in [5.74, 6) is 0.946. The minimum Gasteiger partial charge on any atom is -0.361 e. The molecule has 1 aromatic carbocycles. The average Bonchev–Trinajstić information content (AvgIpc) is 3.18. The van der Waals surface area contributed by atoms with Crippen LogP contribution in [0.1, 0.15) is 33.1 Å². The quantitative estimate of drug-likeness (QED) is 0.787. The van der Waals surface area contributed by atoms with Gasteiger partial charge in [0.1, 0.15) is 5.76 Å². The zero-order valence-electron chi connectivity index (χ0n) is 15.5. The number of rotatable bonds is 3. The number of aromatic amines is 1. The molecule has 0 bridgehead atoms. The Morgan fingerprint density at radius 3 is 2.62 bits per heavy atom. The zero-order chi connectivity index (χ0) is 18.3. The van der Waals surface area contributed by atoms with Crippen LogP contribution >= 0.6 is 0 Å². The average molecular weight is 352 g/mol. The summed E-state index contributed by atoms with van der Waals surface area (Å²) in [6, 6.07) is 7.91. The van der Waals surface area contributed by atoms with E-state index in [4.69, 9.17) is 4.52 Å². The van der Waals surface area contributed by atoms with E-state index in [2.05, 4.69) is 28.9 Å². The molecule has 1 fully saturated rings. The smallest absolute Gasteiger partial charge is 0.253 e. The van der Waals surface area contributed by atoms with Crippen LogP contribution < -0.4 is 0 Å². The zero-order valence-corrected chi connectivity index (χ0v) is 15.5. The molecule has 26 heavy (non-hydrogen) atoms. The van der Waals surface area contributed by atoms with Crippen LogP contribution in [0.2, 0.25) is 0 Å². The van der Waals surface area contributed by atoms with Crippen molar-refractivity contribution in [2.75, 3.05) is 26.2 Å². The first-order chi connectivity index (χ1) is 12.5. The Balaban J connectivity index is 1.42. The molecule has 1 aliphatic heterocycles. The predicted molar refractivity (Wildman–Crippen MR) is 100 cm³/mol. The number of aryl methyl sites for hydroxylation is 3. The number of hydrogen-bond acceptors (Lipinski definition) is 4. The van der Waals surface area contributed by atoms with Gasteiger partial charge in [0.05, 0.1) is 5.69 Å². The Morgan fingerprint density at radius 2 is 1.92 bits per heavy atom. The lowest BCUT2D eigenvalue weighted by atomic mass is 10.1. The minimum absolute atomic E-state index is 0.113. The van der Waals surface area contributed by atoms with Crippen molar-refractivity contribution in [3.8, 4) is 0 Å². The lowest BCUT2D eigenvalue weighted by Crippen LogP contribution is -2.48. The van der Waals surface area contributed by atoms with Crippen molar-refractivity contribution in [3.63, 3.8) is 0 Å².